The van der Waals surface area contributed by atoms with Gasteiger partial charge in [0.15, 0.2) is 0 Å². The largest absolute Gasteiger partial charge is 0.374 e. The number of pyridine rings is 1. The van der Waals surface area contributed by atoms with Crippen molar-refractivity contribution in [3.05, 3.63) is 47.6 Å². The molecule has 0 saturated heterocycles. The number of benzene rings is 1. The predicted octanol–water partition coefficient (Wildman–Crippen LogP) is 4.16. The molecule has 0 saturated carbocycles. The summed E-state index contributed by atoms with van der Waals surface area (Å²) < 4.78 is 0. The van der Waals surface area contributed by atoms with Gasteiger partial charge in [0.25, 0.3) is 0 Å². The first kappa shape index (κ1) is 19.7. The highest BCUT2D eigenvalue weighted by molar-refractivity contribution is 6.30. The van der Waals surface area contributed by atoms with Crippen LogP contribution in [0.1, 0.15) is 27.7 Å². The molecule has 2 aromatic rings. The Labute approximate surface area is 158 Å². The minimum absolute atomic E-state index is 0.0542. The number of rotatable bonds is 5. The van der Waals surface area contributed by atoms with E-state index in [1.54, 1.807) is 31.2 Å². The van der Waals surface area contributed by atoms with Crippen LogP contribution in [0.5, 0.6) is 0 Å². The molecule has 2 amide bonds. The molecule has 1 unspecified atom stereocenters. The molecule has 0 aliphatic rings. The van der Waals surface area contributed by atoms with Crippen molar-refractivity contribution in [2.45, 2.75) is 33.7 Å². The van der Waals surface area contributed by atoms with Gasteiger partial charge in [-0.25, -0.2) is 4.98 Å². The number of nitrogens with one attached hydrogen (secondary N) is 3. The molecule has 1 atom stereocenters. The van der Waals surface area contributed by atoms with Crippen LogP contribution in [0.25, 0.3) is 0 Å². The van der Waals surface area contributed by atoms with E-state index in [0.717, 1.165) is 5.69 Å². The maximum Gasteiger partial charge on any atom is 0.247 e. The van der Waals surface area contributed by atoms with Gasteiger partial charge in [0, 0.05) is 23.0 Å². The zero-order chi connectivity index (χ0) is 19.3. The Hall–Kier alpha value is -2.60. The van der Waals surface area contributed by atoms with Crippen molar-refractivity contribution in [2.24, 2.45) is 5.41 Å². The predicted molar refractivity (Wildman–Crippen MR) is 105 cm³/mol. The van der Waals surface area contributed by atoms with Crippen molar-refractivity contribution in [1.29, 1.82) is 0 Å². The van der Waals surface area contributed by atoms with Crippen LogP contribution < -0.4 is 16.0 Å². The molecule has 1 aromatic carbocycles. The van der Waals surface area contributed by atoms with E-state index in [2.05, 4.69) is 20.9 Å². The number of anilines is 3. The van der Waals surface area contributed by atoms with Gasteiger partial charge in [0.1, 0.15) is 11.9 Å². The molecular formula is C19H23ClN4O2. The number of aromatic nitrogens is 1. The van der Waals surface area contributed by atoms with E-state index in [9.17, 15) is 9.59 Å². The molecule has 1 aromatic heterocycles. The molecule has 6 nitrogen and oxygen atoms in total. The molecule has 0 aliphatic heterocycles. The second-order valence-electron chi connectivity index (χ2n) is 7.00. The highest BCUT2D eigenvalue weighted by Gasteiger charge is 2.21. The third-order valence-electron chi connectivity index (χ3n) is 3.58. The molecule has 3 N–H and O–H groups in total. The van der Waals surface area contributed by atoms with Gasteiger partial charge in [0.2, 0.25) is 11.8 Å². The summed E-state index contributed by atoms with van der Waals surface area (Å²) in [4.78, 5) is 28.2. The SMILES string of the molecule is CC(Nc1ccc(NC(=O)C(C)(C)C)cc1)C(=O)Nc1ccc(Cl)cn1. The van der Waals surface area contributed by atoms with E-state index >= 15 is 0 Å². The Morgan fingerprint density at radius 2 is 1.62 bits per heavy atom. The van der Waals surface area contributed by atoms with Crippen molar-refractivity contribution in [1.82, 2.24) is 4.98 Å². The molecule has 138 valence electrons. The lowest BCUT2D eigenvalue weighted by Crippen LogP contribution is -2.32. The van der Waals surface area contributed by atoms with Gasteiger partial charge in [-0.3, -0.25) is 9.59 Å². The van der Waals surface area contributed by atoms with Gasteiger partial charge < -0.3 is 16.0 Å². The third kappa shape index (κ3) is 5.74. The Morgan fingerprint density at radius 3 is 2.15 bits per heavy atom. The van der Waals surface area contributed by atoms with Gasteiger partial charge in [0.05, 0.1) is 5.02 Å². The van der Waals surface area contributed by atoms with Crippen LogP contribution in [0.15, 0.2) is 42.6 Å². The van der Waals surface area contributed by atoms with Crippen LogP contribution in [-0.2, 0) is 9.59 Å². The minimum Gasteiger partial charge on any atom is -0.374 e. The van der Waals surface area contributed by atoms with Crippen LogP contribution in [0.2, 0.25) is 5.02 Å². The van der Waals surface area contributed by atoms with E-state index in [0.29, 0.717) is 16.5 Å². The molecule has 1 heterocycles. The van der Waals surface area contributed by atoms with Crippen LogP contribution in [0, 0.1) is 5.41 Å². The minimum atomic E-state index is -0.470. The standard InChI is InChI=1S/C19H23ClN4O2/c1-12(17(25)24-16-10-5-13(20)11-21-16)22-14-6-8-15(9-7-14)23-18(26)19(2,3)4/h5-12,22H,1-4H3,(H,23,26)(H,21,24,25). The number of amides is 2. The van der Waals surface area contributed by atoms with Crippen LogP contribution in [0.3, 0.4) is 0 Å². The number of carbonyl (C=O) groups excluding carboxylic acids is 2. The summed E-state index contributed by atoms with van der Waals surface area (Å²) in [7, 11) is 0. The Bertz CT molecular complexity index is 768. The lowest BCUT2D eigenvalue weighted by atomic mass is 9.95. The van der Waals surface area contributed by atoms with E-state index in [1.807, 2.05) is 32.9 Å². The first-order valence-corrected chi connectivity index (χ1v) is 8.63. The maximum absolute atomic E-state index is 12.2. The van der Waals surface area contributed by atoms with Crippen molar-refractivity contribution >= 4 is 40.6 Å². The molecule has 0 spiro atoms. The number of nitrogens with zero attached hydrogens (tertiary/aromatic N) is 1. The van der Waals surface area contributed by atoms with E-state index < -0.39 is 11.5 Å². The summed E-state index contributed by atoms with van der Waals surface area (Å²) in [6.07, 6.45) is 1.47. The van der Waals surface area contributed by atoms with E-state index in [4.69, 9.17) is 11.6 Å². The number of carbonyl (C=O) groups is 2. The van der Waals surface area contributed by atoms with Gasteiger partial charge in [-0.05, 0) is 43.3 Å². The Balaban J connectivity index is 1.92. The lowest BCUT2D eigenvalue weighted by molar-refractivity contribution is -0.123. The highest BCUT2D eigenvalue weighted by atomic mass is 35.5. The molecule has 0 radical (unpaired) electrons. The maximum atomic E-state index is 12.2. The lowest BCUT2D eigenvalue weighted by Gasteiger charge is -2.18. The molecule has 0 aliphatic carbocycles. The molecule has 26 heavy (non-hydrogen) atoms. The average molecular weight is 375 g/mol. The van der Waals surface area contributed by atoms with Gasteiger partial charge in [-0.15, -0.1) is 0 Å². The Kier molecular flexibility index (Phi) is 6.21. The van der Waals surface area contributed by atoms with Crippen molar-refractivity contribution in [3.8, 4) is 0 Å². The monoisotopic (exact) mass is 374 g/mol. The second kappa shape index (κ2) is 8.19. The first-order valence-electron chi connectivity index (χ1n) is 8.25. The van der Waals surface area contributed by atoms with Gasteiger partial charge >= 0.3 is 0 Å². The van der Waals surface area contributed by atoms with E-state index in [1.165, 1.54) is 6.20 Å². The summed E-state index contributed by atoms with van der Waals surface area (Å²) in [5.41, 5.74) is 1.02. The molecular weight excluding hydrogens is 352 g/mol. The Morgan fingerprint density at radius 1 is 1.00 bits per heavy atom. The number of halogens is 1. The second-order valence-corrected chi connectivity index (χ2v) is 7.43. The smallest absolute Gasteiger partial charge is 0.247 e. The van der Waals surface area contributed by atoms with Gasteiger partial charge in [-0.2, -0.15) is 0 Å². The van der Waals surface area contributed by atoms with Crippen LogP contribution in [-0.4, -0.2) is 22.8 Å². The molecule has 0 bridgehead atoms. The summed E-state index contributed by atoms with van der Waals surface area (Å²) in [5.74, 6) is 0.166. The van der Waals surface area contributed by atoms with Crippen LogP contribution in [0.4, 0.5) is 17.2 Å². The summed E-state index contributed by atoms with van der Waals surface area (Å²) >= 11 is 5.77. The van der Waals surface area contributed by atoms with Crippen molar-refractivity contribution in [2.75, 3.05) is 16.0 Å². The summed E-state index contributed by atoms with van der Waals surface area (Å²) in [6.45, 7) is 7.32. The summed E-state index contributed by atoms with van der Waals surface area (Å²) in [6, 6.07) is 10.0. The quantitative estimate of drug-likeness (QED) is 0.733. The topological polar surface area (TPSA) is 83.1 Å². The normalized spacial score (nSPS) is 12.2. The zero-order valence-corrected chi connectivity index (χ0v) is 16.0. The number of hydrogen-bond acceptors (Lipinski definition) is 4. The van der Waals surface area contributed by atoms with Crippen LogP contribution >= 0.6 is 11.6 Å². The van der Waals surface area contributed by atoms with Crippen molar-refractivity contribution < 1.29 is 9.59 Å². The molecule has 2 rings (SSSR count). The number of hydrogen-bond donors (Lipinski definition) is 3. The summed E-state index contributed by atoms with van der Waals surface area (Å²) in [5, 5.41) is 9.19. The van der Waals surface area contributed by atoms with E-state index in [-0.39, 0.29) is 11.8 Å². The first-order chi connectivity index (χ1) is 12.1. The fourth-order valence-corrected chi connectivity index (χ4v) is 2.08. The van der Waals surface area contributed by atoms with Crippen molar-refractivity contribution in [3.63, 3.8) is 0 Å². The zero-order valence-electron chi connectivity index (χ0n) is 15.3. The van der Waals surface area contributed by atoms with Gasteiger partial charge in [-0.1, -0.05) is 32.4 Å². The average Bonchev–Trinajstić information content (AvgIpc) is 2.57. The third-order valence-corrected chi connectivity index (χ3v) is 3.80. The molecule has 7 heteroatoms. The highest BCUT2D eigenvalue weighted by Crippen LogP contribution is 2.19. The fourth-order valence-electron chi connectivity index (χ4n) is 1.97. The fraction of sp³-hybridized carbons (Fsp3) is 0.316. The molecule has 0 fully saturated rings.